The van der Waals surface area contributed by atoms with Crippen molar-refractivity contribution < 1.29 is 19.4 Å². The van der Waals surface area contributed by atoms with Gasteiger partial charge in [-0.1, -0.05) is 22.0 Å². The van der Waals surface area contributed by atoms with Crippen LogP contribution in [-0.4, -0.2) is 55.9 Å². The number of hydrogen-bond acceptors (Lipinski definition) is 4. The third-order valence-electron chi connectivity index (χ3n) is 2.65. The summed E-state index contributed by atoms with van der Waals surface area (Å²) >= 11 is 3.35. The van der Waals surface area contributed by atoms with Crippen LogP contribution in [0, 0.1) is 0 Å². The SMILES string of the molecule is COCC(O)CN(C)C(=O)CCOc1cccc(Br)c1. The fraction of sp³-hybridized carbons (Fsp3) is 0.500. The van der Waals surface area contributed by atoms with Crippen LogP contribution in [0.1, 0.15) is 6.42 Å². The quantitative estimate of drug-likeness (QED) is 0.778. The lowest BCUT2D eigenvalue weighted by Crippen LogP contribution is -2.36. The number of carbonyl (C=O) groups is 1. The van der Waals surface area contributed by atoms with Crippen LogP contribution in [0.15, 0.2) is 28.7 Å². The van der Waals surface area contributed by atoms with Crippen LogP contribution < -0.4 is 4.74 Å². The number of methoxy groups -OCH3 is 1. The first-order valence-electron chi connectivity index (χ1n) is 6.32. The van der Waals surface area contributed by atoms with Crippen molar-refractivity contribution in [3.05, 3.63) is 28.7 Å². The van der Waals surface area contributed by atoms with E-state index in [1.807, 2.05) is 24.3 Å². The van der Waals surface area contributed by atoms with Crippen LogP contribution in [0.3, 0.4) is 0 Å². The van der Waals surface area contributed by atoms with Crippen molar-refractivity contribution in [2.45, 2.75) is 12.5 Å². The molecule has 0 fully saturated rings. The standard InChI is InChI=1S/C14H20BrNO4/c1-16(9-12(17)10-19-2)14(18)6-7-20-13-5-3-4-11(15)8-13/h3-5,8,12,17H,6-7,9-10H2,1-2H3. The highest BCUT2D eigenvalue weighted by Gasteiger charge is 2.13. The van der Waals surface area contributed by atoms with Crippen LogP contribution in [0.2, 0.25) is 0 Å². The first kappa shape index (κ1) is 16.9. The highest BCUT2D eigenvalue weighted by Crippen LogP contribution is 2.17. The Hall–Kier alpha value is -1.11. The Morgan fingerprint density at radius 2 is 2.25 bits per heavy atom. The lowest BCUT2D eigenvalue weighted by Gasteiger charge is -2.20. The second-order valence-electron chi connectivity index (χ2n) is 4.44. The number of rotatable bonds is 8. The smallest absolute Gasteiger partial charge is 0.225 e. The molecule has 1 amide bonds. The number of aliphatic hydroxyl groups is 1. The average molecular weight is 346 g/mol. The van der Waals surface area contributed by atoms with Crippen molar-refractivity contribution in [1.29, 1.82) is 0 Å². The number of halogens is 1. The molecule has 0 aliphatic rings. The minimum atomic E-state index is -0.667. The van der Waals surface area contributed by atoms with Gasteiger partial charge in [-0.3, -0.25) is 4.79 Å². The molecule has 1 unspecified atom stereocenters. The molecule has 6 heteroatoms. The van der Waals surface area contributed by atoms with Gasteiger partial charge in [0, 0.05) is 25.2 Å². The van der Waals surface area contributed by atoms with Gasteiger partial charge in [0.25, 0.3) is 0 Å². The van der Waals surface area contributed by atoms with E-state index in [-0.39, 0.29) is 25.5 Å². The minimum Gasteiger partial charge on any atom is -0.493 e. The molecular weight excluding hydrogens is 326 g/mol. The molecule has 0 spiro atoms. The Morgan fingerprint density at radius 1 is 1.50 bits per heavy atom. The predicted octanol–water partition coefficient (Wildman–Crippen LogP) is 1.68. The molecule has 1 rings (SSSR count). The summed E-state index contributed by atoms with van der Waals surface area (Å²) in [5, 5.41) is 9.55. The fourth-order valence-electron chi connectivity index (χ4n) is 1.67. The molecular formula is C14H20BrNO4. The van der Waals surface area contributed by atoms with E-state index in [4.69, 9.17) is 9.47 Å². The molecule has 0 aliphatic carbocycles. The van der Waals surface area contributed by atoms with Crippen molar-refractivity contribution in [3.8, 4) is 5.75 Å². The summed E-state index contributed by atoms with van der Waals surface area (Å²) in [6.45, 7) is 0.774. The first-order valence-corrected chi connectivity index (χ1v) is 7.11. The van der Waals surface area contributed by atoms with Gasteiger partial charge >= 0.3 is 0 Å². The number of amides is 1. The van der Waals surface area contributed by atoms with Crippen LogP contribution >= 0.6 is 15.9 Å². The summed E-state index contributed by atoms with van der Waals surface area (Å²) in [5.74, 6) is 0.643. The molecule has 1 aromatic rings. The third kappa shape index (κ3) is 6.36. The Morgan fingerprint density at radius 3 is 2.90 bits per heavy atom. The second-order valence-corrected chi connectivity index (χ2v) is 5.35. The Bertz CT molecular complexity index is 427. The van der Waals surface area contributed by atoms with Crippen molar-refractivity contribution >= 4 is 21.8 Å². The number of ether oxygens (including phenoxy) is 2. The van der Waals surface area contributed by atoms with Crippen molar-refractivity contribution in [1.82, 2.24) is 4.90 Å². The molecule has 0 aromatic heterocycles. The summed E-state index contributed by atoms with van der Waals surface area (Å²) in [5.41, 5.74) is 0. The van der Waals surface area contributed by atoms with Gasteiger partial charge in [-0.2, -0.15) is 0 Å². The van der Waals surface area contributed by atoms with Gasteiger partial charge in [0.1, 0.15) is 5.75 Å². The minimum absolute atomic E-state index is 0.0739. The molecule has 112 valence electrons. The summed E-state index contributed by atoms with van der Waals surface area (Å²) in [6.07, 6.45) is -0.400. The number of benzene rings is 1. The van der Waals surface area contributed by atoms with E-state index < -0.39 is 6.10 Å². The Labute approximate surface area is 127 Å². The first-order chi connectivity index (χ1) is 9.52. The summed E-state index contributed by atoms with van der Waals surface area (Å²) in [4.78, 5) is 13.3. The maximum atomic E-state index is 11.8. The van der Waals surface area contributed by atoms with Gasteiger partial charge in [-0.15, -0.1) is 0 Å². The number of likely N-dealkylation sites (N-methyl/N-ethyl adjacent to an activating group) is 1. The number of carbonyl (C=O) groups excluding carboxylic acids is 1. The molecule has 20 heavy (non-hydrogen) atoms. The maximum Gasteiger partial charge on any atom is 0.225 e. The largest absolute Gasteiger partial charge is 0.493 e. The van der Waals surface area contributed by atoms with Crippen LogP contribution in [-0.2, 0) is 9.53 Å². The van der Waals surface area contributed by atoms with E-state index in [1.54, 1.807) is 7.05 Å². The summed E-state index contributed by atoms with van der Waals surface area (Å²) < 4.78 is 11.2. The molecule has 5 nitrogen and oxygen atoms in total. The molecule has 0 bridgehead atoms. The molecule has 1 N–H and O–H groups in total. The normalized spacial score (nSPS) is 12.0. The fourth-order valence-corrected chi connectivity index (χ4v) is 2.05. The van der Waals surface area contributed by atoms with Gasteiger partial charge in [-0.05, 0) is 18.2 Å². The highest BCUT2D eigenvalue weighted by molar-refractivity contribution is 9.10. The van der Waals surface area contributed by atoms with E-state index in [2.05, 4.69) is 15.9 Å². The molecule has 1 aromatic carbocycles. The van der Waals surface area contributed by atoms with Crippen molar-refractivity contribution in [2.24, 2.45) is 0 Å². The molecule has 0 heterocycles. The zero-order valence-electron chi connectivity index (χ0n) is 11.7. The summed E-state index contributed by atoms with van der Waals surface area (Å²) in [7, 11) is 3.16. The van der Waals surface area contributed by atoms with Gasteiger partial charge < -0.3 is 19.5 Å². The second kappa shape index (κ2) is 8.94. The molecule has 0 radical (unpaired) electrons. The topological polar surface area (TPSA) is 59.0 Å². The average Bonchev–Trinajstić information content (AvgIpc) is 2.38. The maximum absolute atomic E-state index is 11.8. The highest BCUT2D eigenvalue weighted by atomic mass is 79.9. The molecule has 0 aliphatic heterocycles. The Kier molecular flexibility index (Phi) is 7.58. The van der Waals surface area contributed by atoms with Gasteiger partial charge in [0.2, 0.25) is 5.91 Å². The van der Waals surface area contributed by atoms with E-state index in [9.17, 15) is 9.90 Å². The van der Waals surface area contributed by atoms with E-state index >= 15 is 0 Å². The van der Waals surface area contributed by atoms with Crippen molar-refractivity contribution in [3.63, 3.8) is 0 Å². The number of hydrogen-bond donors (Lipinski definition) is 1. The zero-order chi connectivity index (χ0) is 15.0. The van der Waals surface area contributed by atoms with E-state index in [0.29, 0.717) is 12.4 Å². The number of nitrogens with zero attached hydrogens (tertiary/aromatic N) is 1. The van der Waals surface area contributed by atoms with Crippen LogP contribution in [0.4, 0.5) is 0 Å². The molecule has 0 saturated carbocycles. The lowest BCUT2D eigenvalue weighted by atomic mass is 10.3. The monoisotopic (exact) mass is 345 g/mol. The van der Waals surface area contributed by atoms with Gasteiger partial charge in [0.05, 0.1) is 25.7 Å². The Balaban J connectivity index is 2.28. The molecule has 0 saturated heterocycles. The van der Waals surface area contributed by atoms with Crippen molar-refractivity contribution in [2.75, 3.05) is 33.9 Å². The summed E-state index contributed by atoms with van der Waals surface area (Å²) in [6, 6.07) is 7.45. The van der Waals surface area contributed by atoms with Gasteiger partial charge in [-0.25, -0.2) is 0 Å². The third-order valence-corrected chi connectivity index (χ3v) is 3.14. The van der Waals surface area contributed by atoms with Crippen LogP contribution in [0.25, 0.3) is 0 Å². The van der Waals surface area contributed by atoms with E-state index in [1.165, 1.54) is 12.0 Å². The number of aliphatic hydroxyl groups excluding tert-OH is 1. The predicted molar refractivity (Wildman–Crippen MR) is 79.8 cm³/mol. The van der Waals surface area contributed by atoms with Crippen LogP contribution in [0.5, 0.6) is 5.75 Å². The zero-order valence-corrected chi connectivity index (χ0v) is 13.3. The molecule has 1 atom stereocenters. The lowest BCUT2D eigenvalue weighted by molar-refractivity contribution is -0.132. The van der Waals surface area contributed by atoms with Gasteiger partial charge in [0.15, 0.2) is 0 Å². The van der Waals surface area contributed by atoms with E-state index in [0.717, 1.165) is 4.47 Å².